The fraction of sp³-hybridized carbons (Fsp3) is 0.438. The van der Waals surface area contributed by atoms with Gasteiger partial charge in [-0.2, -0.15) is 11.8 Å². The largest absolute Gasteiger partial charge is 0.348 e. The van der Waals surface area contributed by atoms with Crippen molar-refractivity contribution in [2.45, 2.75) is 25.8 Å². The second kappa shape index (κ2) is 7.37. The number of benzene rings is 1. The maximum atomic E-state index is 12.2. The number of thioether (sulfide) groups is 1. The van der Waals surface area contributed by atoms with Crippen molar-refractivity contribution in [3.63, 3.8) is 0 Å². The Morgan fingerprint density at radius 1 is 1.55 bits per heavy atom. The maximum absolute atomic E-state index is 12.2. The molecule has 1 aromatic rings. The Morgan fingerprint density at radius 3 is 3.05 bits per heavy atom. The van der Waals surface area contributed by atoms with Gasteiger partial charge in [-0.3, -0.25) is 4.79 Å². The van der Waals surface area contributed by atoms with Crippen LogP contribution in [-0.2, 0) is 0 Å². The van der Waals surface area contributed by atoms with Crippen LogP contribution in [0.5, 0.6) is 0 Å². The van der Waals surface area contributed by atoms with Gasteiger partial charge in [0.1, 0.15) is 0 Å². The predicted octanol–water partition coefficient (Wildman–Crippen LogP) is 1.93. The van der Waals surface area contributed by atoms with Crippen molar-refractivity contribution in [2.24, 2.45) is 5.73 Å². The summed E-state index contributed by atoms with van der Waals surface area (Å²) < 4.78 is 0. The highest BCUT2D eigenvalue weighted by atomic mass is 32.2. The second-order valence-corrected chi connectivity index (χ2v) is 6.07. The van der Waals surface area contributed by atoms with E-state index in [9.17, 15) is 4.79 Å². The first-order valence-electron chi connectivity index (χ1n) is 6.89. The van der Waals surface area contributed by atoms with Crippen molar-refractivity contribution < 1.29 is 4.79 Å². The second-order valence-electron chi connectivity index (χ2n) is 4.92. The number of rotatable bonds is 2. The number of hydrogen-bond donors (Lipinski definition) is 2. The van der Waals surface area contributed by atoms with Gasteiger partial charge in [0.2, 0.25) is 0 Å². The van der Waals surface area contributed by atoms with Crippen molar-refractivity contribution in [3.8, 4) is 11.8 Å². The first kappa shape index (κ1) is 15.0. The summed E-state index contributed by atoms with van der Waals surface area (Å²) in [7, 11) is 0. The van der Waals surface area contributed by atoms with E-state index in [1.54, 1.807) is 0 Å². The summed E-state index contributed by atoms with van der Waals surface area (Å²) in [6.45, 7) is 2.31. The van der Waals surface area contributed by atoms with Crippen LogP contribution in [0.25, 0.3) is 0 Å². The Hall–Kier alpha value is -1.44. The van der Waals surface area contributed by atoms with Crippen LogP contribution < -0.4 is 11.1 Å². The number of nitrogens with two attached hydrogens (primary N) is 1. The van der Waals surface area contributed by atoms with Crippen LogP contribution in [0.1, 0.15) is 34.3 Å². The Morgan fingerprint density at radius 2 is 2.40 bits per heavy atom. The van der Waals surface area contributed by atoms with Crippen molar-refractivity contribution >= 4 is 17.7 Å². The number of aryl methyl sites for hydroxylation is 1. The van der Waals surface area contributed by atoms with Gasteiger partial charge in [-0.05, 0) is 49.3 Å². The molecular formula is C16H20N2OS. The van der Waals surface area contributed by atoms with Gasteiger partial charge in [-0.25, -0.2) is 0 Å². The molecule has 1 aliphatic heterocycles. The van der Waals surface area contributed by atoms with Gasteiger partial charge < -0.3 is 11.1 Å². The summed E-state index contributed by atoms with van der Waals surface area (Å²) in [5.41, 5.74) is 8.02. The van der Waals surface area contributed by atoms with Gasteiger partial charge in [0.25, 0.3) is 5.91 Å². The van der Waals surface area contributed by atoms with Gasteiger partial charge in [-0.15, -0.1) is 0 Å². The van der Waals surface area contributed by atoms with Gasteiger partial charge in [0.15, 0.2) is 0 Å². The Kier molecular flexibility index (Phi) is 5.51. The fourth-order valence-corrected chi connectivity index (χ4v) is 3.29. The number of amides is 1. The van der Waals surface area contributed by atoms with E-state index in [2.05, 4.69) is 17.2 Å². The van der Waals surface area contributed by atoms with E-state index in [1.165, 1.54) is 12.2 Å². The van der Waals surface area contributed by atoms with E-state index in [1.807, 2.05) is 36.9 Å². The predicted molar refractivity (Wildman–Crippen MR) is 84.9 cm³/mol. The molecule has 0 aromatic heterocycles. The molecule has 2 rings (SSSR count). The number of nitrogens with one attached hydrogen (secondary N) is 1. The standard InChI is InChI=1S/C16H20N2OS/c1-12-10-14(7-6-13(12)4-2-8-17)16(19)18-15-5-3-9-20-11-15/h6-7,10,15H,3,5,8-9,11,17H2,1H3,(H,18,19). The average molecular weight is 288 g/mol. The molecule has 0 radical (unpaired) electrons. The van der Waals surface area contributed by atoms with Gasteiger partial charge in [0.05, 0.1) is 6.54 Å². The molecule has 106 valence electrons. The van der Waals surface area contributed by atoms with Crippen LogP contribution in [0.3, 0.4) is 0 Å². The van der Waals surface area contributed by atoms with Crippen LogP contribution in [0.2, 0.25) is 0 Å². The molecule has 3 nitrogen and oxygen atoms in total. The minimum absolute atomic E-state index is 0.0129. The van der Waals surface area contributed by atoms with Gasteiger partial charge >= 0.3 is 0 Å². The van der Waals surface area contributed by atoms with E-state index in [0.29, 0.717) is 18.2 Å². The summed E-state index contributed by atoms with van der Waals surface area (Å²) in [6.07, 6.45) is 2.26. The highest BCUT2D eigenvalue weighted by molar-refractivity contribution is 7.99. The molecule has 3 N–H and O–H groups in total. The van der Waals surface area contributed by atoms with Crippen LogP contribution in [0.4, 0.5) is 0 Å². The summed E-state index contributed by atoms with van der Waals surface area (Å²) in [5, 5.41) is 3.11. The molecule has 0 spiro atoms. The van der Waals surface area contributed by atoms with E-state index in [-0.39, 0.29) is 5.91 Å². The zero-order valence-electron chi connectivity index (χ0n) is 11.7. The summed E-state index contributed by atoms with van der Waals surface area (Å²) in [6, 6.07) is 5.92. The van der Waals surface area contributed by atoms with Crippen LogP contribution >= 0.6 is 11.8 Å². The monoisotopic (exact) mass is 288 g/mol. The molecule has 1 fully saturated rings. The summed E-state index contributed by atoms with van der Waals surface area (Å²) in [4.78, 5) is 12.2. The minimum atomic E-state index is 0.0129. The third-order valence-electron chi connectivity index (χ3n) is 3.31. The fourth-order valence-electron chi connectivity index (χ4n) is 2.21. The van der Waals surface area contributed by atoms with Crippen LogP contribution in [0, 0.1) is 18.8 Å². The molecule has 20 heavy (non-hydrogen) atoms. The van der Waals surface area contributed by atoms with Gasteiger partial charge in [0, 0.05) is 22.9 Å². The lowest BCUT2D eigenvalue weighted by atomic mass is 10.0. The molecule has 1 saturated heterocycles. The SMILES string of the molecule is Cc1cc(C(=O)NC2CCCSC2)ccc1C#CCN. The van der Waals surface area contributed by atoms with E-state index < -0.39 is 0 Å². The molecule has 0 aliphatic carbocycles. The highest BCUT2D eigenvalue weighted by Crippen LogP contribution is 2.17. The van der Waals surface area contributed by atoms with Gasteiger partial charge in [-0.1, -0.05) is 11.8 Å². The smallest absolute Gasteiger partial charge is 0.251 e. The first-order chi connectivity index (χ1) is 9.70. The quantitative estimate of drug-likeness (QED) is 0.818. The van der Waals surface area contributed by atoms with Crippen molar-refractivity contribution in [2.75, 3.05) is 18.1 Å². The normalized spacial score (nSPS) is 18.0. The summed E-state index contributed by atoms with van der Waals surface area (Å²) >= 11 is 1.91. The van der Waals surface area contributed by atoms with Crippen LogP contribution in [0.15, 0.2) is 18.2 Å². The zero-order chi connectivity index (χ0) is 14.4. The number of carbonyl (C=O) groups is 1. The maximum Gasteiger partial charge on any atom is 0.251 e. The van der Waals surface area contributed by atoms with Crippen LogP contribution in [-0.4, -0.2) is 30.0 Å². The minimum Gasteiger partial charge on any atom is -0.348 e. The lowest BCUT2D eigenvalue weighted by molar-refractivity contribution is 0.0938. The Labute approximate surface area is 124 Å². The highest BCUT2D eigenvalue weighted by Gasteiger charge is 2.17. The topological polar surface area (TPSA) is 55.1 Å². The summed E-state index contributed by atoms with van der Waals surface area (Å²) in [5.74, 6) is 8.08. The van der Waals surface area contributed by atoms with E-state index in [0.717, 1.165) is 23.3 Å². The average Bonchev–Trinajstić information content (AvgIpc) is 2.47. The van der Waals surface area contributed by atoms with Crippen molar-refractivity contribution in [1.29, 1.82) is 0 Å². The molecule has 4 heteroatoms. The third kappa shape index (κ3) is 4.03. The molecule has 1 atom stereocenters. The van der Waals surface area contributed by atoms with E-state index in [4.69, 9.17) is 5.73 Å². The molecule has 1 heterocycles. The molecule has 1 aliphatic rings. The first-order valence-corrected chi connectivity index (χ1v) is 8.04. The Bertz CT molecular complexity index is 539. The number of carbonyl (C=O) groups excluding carboxylic acids is 1. The molecule has 1 aromatic carbocycles. The van der Waals surface area contributed by atoms with E-state index >= 15 is 0 Å². The Balaban J connectivity index is 2.04. The third-order valence-corrected chi connectivity index (χ3v) is 4.52. The van der Waals surface area contributed by atoms with Crippen molar-refractivity contribution in [3.05, 3.63) is 34.9 Å². The lowest BCUT2D eigenvalue weighted by Gasteiger charge is -2.22. The molecular weight excluding hydrogens is 268 g/mol. The zero-order valence-corrected chi connectivity index (χ0v) is 12.6. The molecule has 0 bridgehead atoms. The molecule has 1 unspecified atom stereocenters. The van der Waals surface area contributed by atoms with Crippen molar-refractivity contribution in [1.82, 2.24) is 5.32 Å². The molecule has 1 amide bonds. The molecule has 0 saturated carbocycles. The number of hydrogen-bond acceptors (Lipinski definition) is 3. The lowest BCUT2D eigenvalue weighted by Crippen LogP contribution is -2.38.